The zero-order chi connectivity index (χ0) is 13.2. The third-order valence-corrected chi connectivity index (χ3v) is 3.56. The van der Waals surface area contributed by atoms with E-state index in [0.29, 0.717) is 12.8 Å². The minimum Gasteiger partial charge on any atom is -0.390 e. The Bertz CT molecular complexity index is 464. The minimum atomic E-state index is -1.01. The molecule has 0 heterocycles. The van der Waals surface area contributed by atoms with Gasteiger partial charge in [-0.3, -0.25) is 0 Å². The van der Waals surface area contributed by atoms with Crippen molar-refractivity contribution in [2.24, 2.45) is 0 Å². The van der Waals surface area contributed by atoms with Crippen molar-refractivity contribution in [3.8, 4) is 6.07 Å². The fraction of sp³-hybridized carbons (Fsp3) is 0.500. The number of hydrogen-bond donors (Lipinski definition) is 1. The number of nitriles is 1. The fourth-order valence-electron chi connectivity index (χ4n) is 2.55. The summed E-state index contributed by atoms with van der Waals surface area (Å²) >= 11 is 0. The predicted octanol–water partition coefficient (Wildman–Crippen LogP) is 3.07. The number of nitrogens with zero attached hydrogens (tertiary/aromatic N) is 1. The molecule has 1 aromatic carbocycles. The summed E-state index contributed by atoms with van der Waals surface area (Å²) in [6, 6.07) is 3.74. The van der Waals surface area contributed by atoms with Gasteiger partial charge in [-0.2, -0.15) is 5.26 Å². The molecule has 0 spiro atoms. The van der Waals surface area contributed by atoms with E-state index in [1.807, 2.05) is 0 Å². The Morgan fingerprint density at radius 3 is 2.22 bits per heavy atom. The highest BCUT2D eigenvalue weighted by Gasteiger charge is 2.31. The van der Waals surface area contributed by atoms with Gasteiger partial charge >= 0.3 is 0 Å². The van der Waals surface area contributed by atoms with Crippen molar-refractivity contribution >= 4 is 0 Å². The molecule has 2 nitrogen and oxygen atoms in total. The molecule has 0 amide bonds. The first-order valence-electron chi connectivity index (χ1n) is 6.14. The summed E-state index contributed by atoms with van der Waals surface area (Å²) in [5.41, 5.74) is -1.16. The van der Waals surface area contributed by atoms with Crippen LogP contribution in [0.25, 0.3) is 0 Å². The molecule has 0 unspecified atom stereocenters. The van der Waals surface area contributed by atoms with E-state index in [0.717, 1.165) is 31.4 Å². The molecular weight excluding hydrogens is 236 g/mol. The topological polar surface area (TPSA) is 44.0 Å². The SMILES string of the molecule is N#Cc1cc(F)c(CC2(O)CCCCC2)c(F)c1. The van der Waals surface area contributed by atoms with E-state index < -0.39 is 17.2 Å². The molecule has 0 radical (unpaired) electrons. The standard InChI is InChI=1S/C14H15F2NO/c15-12-6-10(9-17)7-13(16)11(12)8-14(18)4-2-1-3-5-14/h6-7,18H,1-5,8H2. The van der Waals surface area contributed by atoms with Crippen LogP contribution < -0.4 is 0 Å². The summed E-state index contributed by atoms with van der Waals surface area (Å²) in [6.45, 7) is 0. The van der Waals surface area contributed by atoms with Crippen LogP contribution in [0, 0.1) is 23.0 Å². The molecule has 1 aliphatic rings. The van der Waals surface area contributed by atoms with Crippen LogP contribution in [0.4, 0.5) is 8.78 Å². The van der Waals surface area contributed by atoms with Gasteiger partial charge in [-0.05, 0) is 25.0 Å². The van der Waals surface area contributed by atoms with Crippen molar-refractivity contribution < 1.29 is 13.9 Å². The Labute approximate surface area is 105 Å². The average Bonchev–Trinajstić information content (AvgIpc) is 2.34. The van der Waals surface area contributed by atoms with E-state index >= 15 is 0 Å². The lowest BCUT2D eigenvalue weighted by Gasteiger charge is -2.32. The molecule has 18 heavy (non-hydrogen) atoms. The van der Waals surface area contributed by atoms with E-state index in [1.54, 1.807) is 6.07 Å². The van der Waals surface area contributed by atoms with E-state index in [2.05, 4.69) is 0 Å². The molecule has 96 valence electrons. The lowest BCUT2D eigenvalue weighted by atomic mass is 9.80. The van der Waals surface area contributed by atoms with Crippen molar-refractivity contribution in [3.05, 3.63) is 34.9 Å². The zero-order valence-corrected chi connectivity index (χ0v) is 10.0. The van der Waals surface area contributed by atoms with Crippen molar-refractivity contribution in [1.82, 2.24) is 0 Å². The second-order valence-electron chi connectivity index (χ2n) is 4.99. The molecule has 0 atom stereocenters. The second kappa shape index (κ2) is 5.03. The smallest absolute Gasteiger partial charge is 0.130 e. The molecule has 0 bridgehead atoms. The van der Waals surface area contributed by atoms with Gasteiger partial charge in [-0.25, -0.2) is 8.78 Å². The molecule has 0 aliphatic heterocycles. The maximum Gasteiger partial charge on any atom is 0.130 e. The van der Waals surface area contributed by atoms with Crippen LogP contribution in [-0.4, -0.2) is 10.7 Å². The molecule has 1 N–H and O–H groups in total. The summed E-state index contributed by atoms with van der Waals surface area (Å²) in [6.07, 6.45) is 3.96. The van der Waals surface area contributed by atoms with Gasteiger partial charge in [-0.15, -0.1) is 0 Å². The molecule has 1 aromatic rings. The number of halogens is 2. The Morgan fingerprint density at radius 1 is 1.17 bits per heavy atom. The molecular formula is C14H15F2NO. The maximum atomic E-state index is 13.7. The first kappa shape index (κ1) is 13.0. The van der Waals surface area contributed by atoms with E-state index in [-0.39, 0.29) is 17.5 Å². The summed E-state index contributed by atoms with van der Waals surface area (Å²) < 4.78 is 27.4. The van der Waals surface area contributed by atoms with Crippen LogP contribution in [0.2, 0.25) is 0 Å². The van der Waals surface area contributed by atoms with Crippen LogP contribution in [0.3, 0.4) is 0 Å². The normalized spacial score (nSPS) is 18.3. The predicted molar refractivity (Wildman–Crippen MR) is 62.8 cm³/mol. The minimum absolute atomic E-state index is 0.0175. The van der Waals surface area contributed by atoms with Crippen LogP contribution in [0.1, 0.15) is 43.2 Å². The summed E-state index contributed by atoms with van der Waals surface area (Å²) in [5, 5.41) is 18.9. The van der Waals surface area contributed by atoms with Crippen molar-refractivity contribution in [2.75, 3.05) is 0 Å². The van der Waals surface area contributed by atoms with Crippen molar-refractivity contribution in [2.45, 2.75) is 44.1 Å². The zero-order valence-electron chi connectivity index (χ0n) is 10.0. The van der Waals surface area contributed by atoms with E-state index in [1.165, 1.54) is 0 Å². The van der Waals surface area contributed by atoms with Gasteiger partial charge in [0.1, 0.15) is 11.6 Å². The number of hydrogen-bond acceptors (Lipinski definition) is 2. The molecule has 1 fully saturated rings. The molecule has 1 aliphatic carbocycles. The summed E-state index contributed by atoms with van der Waals surface area (Å²) in [7, 11) is 0. The van der Waals surface area contributed by atoms with Gasteiger partial charge in [0.05, 0.1) is 17.2 Å². The Hall–Kier alpha value is -1.47. The molecule has 2 rings (SSSR count). The highest BCUT2D eigenvalue weighted by molar-refractivity contribution is 5.34. The van der Waals surface area contributed by atoms with Gasteiger partial charge in [0.15, 0.2) is 0 Å². The Balaban J connectivity index is 2.26. The third kappa shape index (κ3) is 2.68. The Kier molecular flexibility index (Phi) is 3.63. The second-order valence-corrected chi connectivity index (χ2v) is 4.99. The quantitative estimate of drug-likeness (QED) is 0.877. The third-order valence-electron chi connectivity index (χ3n) is 3.56. The molecule has 1 saturated carbocycles. The first-order chi connectivity index (χ1) is 8.54. The number of benzene rings is 1. The average molecular weight is 251 g/mol. The van der Waals surface area contributed by atoms with Gasteiger partial charge in [0.25, 0.3) is 0 Å². The van der Waals surface area contributed by atoms with Crippen molar-refractivity contribution in [3.63, 3.8) is 0 Å². The molecule has 0 saturated heterocycles. The number of rotatable bonds is 2. The van der Waals surface area contributed by atoms with Crippen LogP contribution in [0.5, 0.6) is 0 Å². The van der Waals surface area contributed by atoms with Crippen LogP contribution in [0.15, 0.2) is 12.1 Å². The van der Waals surface area contributed by atoms with E-state index in [9.17, 15) is 13.9 Å². The van der Waals surface area contributed by atoms with E-state index in [4.69, 9.17) is 5.26 Å². The largest absolute Gasteiger partial charge is 0.390 e. The number of aliphatic hydroxyl groups is 1. The fourth-order valence-corrected chi connectivity index (χ4v) is 2.55. The lowest BCUT2D eigenvalue weighted by Crippen LogP contribution is -2.34. The monoisotopic (exact) mass is 251 g/mol. The molecule has 4 heteroatoms. The van der Waals surface area contributed by atoms with Crippen LogP contribution >= 0.6 is 0 Å². The summed E-state index contributed by atoms with van der Waals surface area (Å²) in [5.74, 6) is -1.49. The van der Waals surface area contributed by atoms with Crippen LogP contribution in [-0.2, 0) is 6.42 Å². The van der Waals surface area contributed by atoms with Crippen molar-refractivity contribution in [1.29, 1.82) is 5.26 Å². The first-order valence-corrected chi connectivity index (χ1v) is 6.14. The van der Waals surface area contributed by atoms with Gasteiger partial charge in [0, 0.05) is 12.0 Å². The Morgan fingerprint density at radius 2 is 1.72 bits per heavy atom. The molecule has 0 aromatic heterocycles. The highest BCUT2D eigenvalue weighted by atomic mass is 19.1. The van der Waals surface area contributed by atoms with Gasteiger partial charge in [0.2, 0.25) is 0 Å². The lowest BCUT2D eigenvalue weighted by molar-refractivity contribution is 0.00304. The van der Waals surface area contributed by atoms with Gasteiger partial charge < -0.3 is 5.11 Å². The highest BCUT2D eigenvalue weighted by Crippen LogP contribution is 2.32. The van der Waals surface area contributed by atoms with Gasteiger partial charge in [-0.1, -0.05) is 19.3 Å². The summed E-state index contributed by atoms with van der Waals surface area (Å²) in [4.78, 5) is 0. The maximum absolute atomic E-state index is 13.7.